The highest BCUT2D eigenvalue weighted by Gasteiger charge is 2.41. The molecule has 0 spiro atoms. The maximum absolute atomic E-state index is 16.5. The lowest BCUT2D eigenvalue weighted by atomic mass is 9.91. The summed E-state index contributed by atoms with van der Waals surface area (Å²) in [7, 11) is 0. The lowest BCUT2D eigenvalue weighted by Crippen LogP contribution is -2.26. The highest BCUT2D eigenvalue weighted by molar-refractivity contribution is 6.31. The summed E-state index contributed by atoms with van der Waals surface area (Å²) in [5.74, 6) is -85.7. The molecule has 8 aromatic rings. The standard InChI is InChI=1S/C66H16F30N6/c67-37-31(38(68)50(80)61(91)49(37)79)25-13-9-23(97-11-13)29(35-45(75)57(87)65(95)58(88)46(35)76)22-8-6-20(102-22)28(34-43(73)55(85)64(94)56(86)44(34)74)18-4-2-16(100-18)26(32-39(69)51(81)62(92)52(82)40(32)70)14-10-24(98-12-14)30(36-47(77)59(89)66(96)60(90)48(36)78)21-7-5-19(101-21)27(17-3-1-15(25)99-17)33-41(71)53(83)63(93)54(84)42(33)72/h1-12,15,99,101-102H/b25-13+,26-16+,27-17+,28-20+,29-22+,30-24+. The van der Waals surface area contributed by atoms with E-state index in [1.54, 1.807) is 0 Å². The molecule has 1 atom stereocenters. The summed E-state index contributed by atoms with van der Waals surface area (Å²) in [5.41, 5.74) is -33.8. The third-order valence-electron chi connectivity index (χ3n) is 16.1. The zero-order valence-electron chi connectivity index (χ0n) is 48.2. The molecule has 7 heterocycles. The van der Waals surface area contributed by atoms with Crippen molar-refractivity contribution in [1.82, 2.24) is 15.3 Å². The van der Waals surface area contributed by atoms with Crippen molar-refractivity contribution in [2.75, 3.05) is 0 Å². The smallest absolute Gasteiger partial charge is 0.200 e. The second-order valence-corrected chi connectivity index (χ2v) is 21.6. The molecule has 0 amide bonds. The van der Waals surface area contributed by atoms with Gasteiger partial charge in [-0.25, -0.2) is 137 Å². The van der Waals surface area contributed by atoms with E-state index in [1.165, 1.54) is 0 Å². The summed E-state index contributed by atoms with van der Waals surface area (Å²) >= 11 is 0. The summed E-state index contributed by atoms with van der Waals surface area (Å²) in [5, 5.41) is -0.324. The van der Waals surface area contributed by atoms with Gasteiger partial charge in [-0.05, 0) is 54.6 Å². The Bertz CT molecular complexity index is 5620. The molecule has 0 saturated heterocycles. The molecular formula is C66H16F30N6. The van der Waals surface area contributed by atoms with Gasteiger partial charge in [0, 0.05) is 84.8 Å². The third-order valence-corrected chi connectivity index (χ3v) is 16.1. The minimum absolute atomic E-state index is 0.216. The van der Waals surface area contributed by atoms with Gasteiger partial charge in [-0.15, -0.1) is 0 Å². The number of fused-ring (bicyclic) bond motifs is 9. The zero-order chi connectivity index (χ0) is 73.9. The van der Waals surface area contributed by atoms with E-state index in [4.69, 9.17) is 0 Å². The third kappa shape index (κ3) is 10.1. The Morgan fingerprint density at radius 1 is 0.284 bits per heavy atom. The van der Waals surface area contributed by atoms with Gasteiger partial charge in [0.05, 0.1) is 62.2 Å². The molecule has 2 aromatic heterocycles. The van der Waals surface area contributed by atoms with Gasteiger partial charge in [0.1, 0.15) is 0 Å². The summed E-state index contributed by atoms with van der Waals surface area (Å²) < 4.78 is 473. The Hall–Kier alpha value is -11.8. The number of aliphatic imine (C=N–C) groups is 3. The first-order valence-corrected chi connectivity index (χ1v) is 27.6. The average Bonchev–Trinajstić information content (AvgIpc) is 1.51. The van der Waals surface area contributed by atoms with Crippen LogP contribution in [0.1, 0.15) is 44.8 Å². The monoisotopic (exact) mass is 1460 g/mol. The molecule has 6 aromatic carbocycles. The zero-order valence-corrected chi connectivity index (χ0v) is 48.2. The molecule has 0 aliphatic carbocycles. The Morgan fingerprint density at radius 2 is 0.637 bits per heavy atom. The summed E-state index contributed by atoms with van der Waals surface area (Å²) in [6, 6.07) is -0.875. The Kier molecular flexibility index (Phi) is 16.6. The first-order valence-electron chi connectivity index (χ1n) is 27.6. The topological polar surface area (TPSA) is 80.7 Å². The van der Waals surface area contributed by atoms with Gasteiger partial charge in [0.2, 0.25) is 34.9 Å². The molecule has 6 nitrogen and oxygen atoms in total. The van der Waals surface area contributed by atoms with E-state index in [0.29, 0.717) is 48.6 Å². The highest BCUT2D eigenvalue weighted by atomic mass is 19.2. The van der Waals surface area contributed by atoms with Crippen molar-refractivity contribution in [2.24, 2.45) is 15.0 Å². The predicted octanol–water partition coefficient (Wildman–Crippen LogP) is 16.5. The lowest BCUT2D eigenvalue weighted by molar-refractivity contribution is 0.375. The van der Waals surface area contributed by atoms with Gasteiger partial charge in [0.15, 0.2) is 140 Å². The number of rotatable bonds is 6. The van der Waals surface area contributed by atoms with E-state index in [9.17, 15) is 26.3 Å². The molecule has 5 aliphatic rings. The Labute approximate surface area is 543 Å². The van der Waals surface area contributed by atoms with Crippen molar-refractivity contribution in [1.29, 1.82) is 0 Å². The van der Waals surface area contributed by atoms with Crippen LogP contribution < -0.4 is 16.0 Å². The van der Waals surface area contributed by atoms with Crippen molar-refractivity contribution in [3.05, 3.63) is 325 Å². The molecule has 3 N–H and O–H groups in total. The van der Waals surface area contributed by atoms with E-state index in [2.05, 4.69) is 30.3 Å². The normalized spacial score (nSPS) is 19.8. The van der Waals surface area contributed by atoms with Gasteiger partial charge in [-0.2, -0.15) is 0 Å². The fraction of sp³-hybridized carbons (Fsp3) is 0.0152. The maximum Gasteiger partial charge on any atom is 0.200 e. The number of benzene rings is 6. The van der Waals surface area contributed by atoms with Gasteiger partial charge in [0.25, 0.3) is 0 Å². The van der Waals surface area contributed by atoms with Crippen LogP contribution in [-0.4, -0.2) is 34.2 Å². The molecule has 0 radical (unpaired) electrons. The van der Waals surface area contributed by atoms with E-state index >= 15 is 105 Å². The first-order chi connectivity index (χ1) is 48.1. The summed E-state index contributed by atoms with van der Waals surface area (Å²) in [6.07, 6.45) is 2.63. The average molecular weight is 1460 g/mol. The van der Waals surface area contributed by atoms with Crippen molar-refractivity contribution in [3.63, 3.8) is 0 Å². The molecule has 520 valence electrons. The minimum atomic E-state index is -2.92. The van der Waals surface area contributed by atoms with Gasteiger partial charge in [-0.3, -0.25) is 9.98 Å². The number of aromatic nitrogens is 2. The van der Waals surface area contributed by atoms with Gasteiger partial charge in [-0.1, -0.05) is 6.08 Å². The summed E-state index contributed by atoms with van der Waals surface area (Å²) in [6.45, 7) is 0. The second-order valence-electron chi connectivity index (χ2n) is 21.6. The van der Waals surface area contributed by atoms with E-state index in [0.717, 1.165) is 0 Å². The maximum atomic E-state index is 16.5. The van der Waals surface area contributed by atoms with Crippen molar-refractivity contribution < 1.29 is 132 Å². The van der Waals surface area contributed by atoms with Crippen molar-refractivity contribution >= 4 is 51.6 Å². The van der Waals surface area contributed by atoms with Crippen LogP contribution in [0.3, 0.4) is 0 Å². The number of aromatic amines is 2. The number of hydrogen-bond donors (Lipinski definition) is 3. The van der Waals surface area contributed by atoms with Crippen LogP contribution in [0.2, 0.25) is 0 Å². The number of H-pyrrole nitrogens is 2. The minimum Gasteiger partial charge on any atom is -0.374 e. The molecule has 102 heavy (non-hydrogen) atoms. The fourth-order valence-corrected chi connectivity index (χ4v) is 11.6. The van der Waals surface area contributed by atoms with Crippen LogP contribution in [-0.2, 0) is 0 Å². The number of allylic oxidation sites excluding steroid dienone is 9. The van der Waals surface area contributed by atoms with Crippen LogP contribution >= 0.6 is 0 Å². The Balaban J connectivity index is 1.25. The number of halogens is 30. The molecule has 13 rings (SSSR count). The molecule has 5 aliphatic heterocycles. The van der Waals surface area contributed by atoms with E-state index < -0.39 is 309 Å². The van der Waals surface area contributed by atoms with Crippen LogP contribution in [0, 0.1) is 175 Å². The van der Waals surface area contributed by atoms with Crippen molar-refractivity contribution in [2.45, 2.75) is 6.04 Å². The molecule has 1 unspecified atom stereocenters. The Morgan fingerprint density at radius 3 is 1.07 bits per heavy atom. The van der Waals surface area contributed by atoms with E-state index in [1.807, 2.05) is 0 Å². The molecule has 12 bridgehead atoms. The molecular weight excluding hydrogens is 1450 g/mol. The van der Waals surface area contributed by atoms with Crippen LogP contribution in [0.5, 0.6) is 0 Å². The number of nitrogens with zero attached hydrogens (tertiary/aromatic N) is 3. The van der Waals surface area contributed by atoms with Crippen LogP contribution in [0.25, 0.3) is 33.4 Å². The first kappa shape index (κ1) is 68.8. The SMILES string of the molecule is Fc1c(F)c(F)c(/C2=C3C=C(C=N\3)/C(c3c(F)c(F)c(F)c(F)c3F)=C3/C=CC(=N3)/C(c3c(F)c(F)c(F)c(F)c3F)=c3/cc/c([nH]3)=C(\c3c(F)c(F)c(F)c(F)c3F)C3=C/C(=C(\c4c(F)c(F)c(F)c(F)c4F)C4C=C/C(=C(\c5c(F)c(F)c(F)c(F)c5F)c5ccc2[nH]5)N4)C=N3)c(F)c1F. The fourth-order valence-electron chi connectivity index (χ4n) is 11.6. The number of hydrogen-bond acceptors (Lipinski definition) is 4. The lowest BCUT2D eigenvalue weighted by Gasteiger charge is -2.21. The van der Waals surface area contributed by atoms with Crippen LogP contribution in [0.4, 0.5) is 132 Å². The van der Waals surface area contributed by atoms with E-state index in [-0.39, 0.29) is 24.6 Å². The second kappa shape index (κ2) is 24.6. The number of nitrogens with one attached hydrogen (secondary N) is 3. The van der Waals surface area contributed by atoms with Crippen molar-refractivity contribution in [3.8, 4) is 0 Å². The quantitative estimate of drug-likeness (QED) is 0.0865. The predicted molar refractivity (Wildman–Crippen MR) is 295 cm³/mol. The van der Waals surface area contributed by atoms with Crippen LogP contribution in [0.15, 0.2) is 110 Å². The summed E-state index contributed by atoms with van der Waals surface area (Å²) in [4.78, 5) is 15.7. The highest BCUT2D eigenvalue weighted by Crippen LogP contribution is 2.46. The molecule has 0 fully saturated rings. The molecule has 0 saturated carbocycles. The van der Waals surface area contributed by atoms with Gasteiger partial charge >= 0.3 is 0 Å². The molecule has 36 heteroatoms. The largest absolute Gasteiger partial charge is 0.374 e. The van der Waals surface area contributed by atoms with Gasteiger partial charge < -0.3 is 15.3 Å².